The molecule has 1 aliphatic heterocycles. The van der Waals surface area contributed by atoms with Crippen molar-refractivity contribution < 1.29 is 0 Å². The zero-order chi connectivity index (χ0) is 12.5. The van der Waals surface area contributed by atoms with E-state index in [-0.39, 0.29) is 0 Å². The number of nitrogens with one attached hydrogen (secondary N) is 1. The summed E-state index contributed by atoms with van der Waals surface area (Å²) < 4.78 is 0. The van der Waals surface area contributed by atoms with Crippen molar-refractivity contribution in [3.8, 4) is 0 Å². The molecule has 3 nitrogen and oxygen atoms in total. The molecular formula is C15H23N3. The van der Waals surface area contributed by atoms with Gasteiger partial charge in [-0.1, -0.05) is 6.42 Å². The van der Waals surface area contributed by atoms with Gasteiger partial charge in [-0.15, -0.1) is 0 Å². The summed E-state index contributed by atoms with van der Waals surface area (Å²) in [6, 6.07) is 2.26. The Labute approximate surface area is 110 Å². The van der Waals surface area contributed by atoms with Crippen LogP contribution in [0.2, 0.25) is 0 Å². The first-order chi connectivity index (χ1) is 8.78. The van der Waals surface area contributed by atoms with Gasteiger partial charge in [0, 0.05) is 42.8 Å². The highest BCUT2D eigenvalue weighted by Gasteiger charge is 2.36. The molecular weight excluding hydrogens is 222 g/mol. The fourth-order valence-corrected chi connectivity index (χ4v) is 3.63. The minimum absolute atomic E-state index is 0.911. The lowest BCUT2D eigenvalue weighted by atomic mass is 10.0. The molecule has 1 aromatic rings. The van der Waals surface area contributed by atoms with Crippen LogP contribution in [0.15, 0.2) is 12.3 Å². The summed E-state index contributed by atoms with van der Waals surface area (Å²) in [7, 11) is 2.00. The summed E-state index contributed by atoms with van der Waals surface area (Å²) >= 11 is 0. The van der Waals surface area contributed by atoms with Gasteiger partial charge in [0.05, 0.1) is 0 Å². The summed E-state index contributed by atoms with van der Waals surface area (Å²) in [5, 5.41) is 3.25. The Morgan fingerprint density at radius 3 is 2.72 bits per heavy atom. The third kappa shape index (κ3) is 2.12. The summed E-state index contributed by atoms with van der Waals surface area (Å²) in [4.78, 5) is 7.03. The number of fused-ring (bicyclic) bond motifs is 1. The van der Waals surface area contributed by atoms with Crippen LogP contribution in [0.25, 0.3) is 0 Å². The number of aromatic nitrogens is 1. The Hall–Kier alpha value is -1.09. The molecule has 0 aromatic carbocycles. The Morgan fingerprint density at radius 2 is 2.06 bits per heavy atom. The number of anilines is 1. The summed E-state index contributed by atoms with van der Waals surface area (Å²) in [5.74, 6) is 1.89. The van der Waals surface area contributed by atoms with Gasteiger partial charge in [-0.2, -0.15) is 0 Å². The predicted octanol–water partition coefficient (Wildman–Crippen LogP) is 2.35. The summed E-state index contributed by atoms with van der Waals surface area (Å²) in [6.07, 6.45) is 6.36. The van der Waals surface area contributed by atoms with Crippen molar-refractivity contribution >= 4 is 5.69 Å². The van der Waals surface area contributed by atoms with Crippen molar-refractivity contribution in [1.29, 1.82) is 0 Å². The molecule has 1 N–H and O–H groups in total. The van der Waals surface area contributed by atoms with E-state index in [9.17, 15) is 0 Å². The van der Waals surface area contributed by atoms with E-state index in [0.29, 0.717) is 0 Å². The van der Waals surface area contributed by atoms with Gasteiger partial charge >= 0.3 is 0 Å². The SMILES string of the molecule is CNCc1cnc(C)cc1N1CC2CCCC2C1. The fraction of sp³-hybridized carbons (Fsp3) is 0.667. The van der Waals surface area contributed by atoms with Crippen LogP contribution in [0, 0.1) is 18.8 Å². The average molecular weight is 245 g/mol. The van der Waals surface area contributed by atoms with Crippen molar-refractivity contribution in [3.63, 3.8) is 0 Å². The third-order valence-corrected chi connectivity index (χ3v) is 4.53. The zero-order valence-corrected chi connectivity index (χ0v) is 11.4. The topological polar surface area (TPSA) is 28.2 Å². The first-order valence-electron chi connectivity index (χ1n) is 7.13. The molecule has 2 aliphatic rings. The standard InChI is InChI=1S/C15H23N3/c1-11-6-15(14(7-16-2)8-17-11)18-9-12-4-3-5-13(12)10-18/h6,8,12-13,16H,3-5,7,9-10H2,1-2H3. The lowest BCUT2D eigenvalue weighted by Crippen LogP contribution is -2.23. The van der Waals surface area contributed by atoms with Gasteiger partial charge in [0.2, 0.25) is 0 Å². The molecule has 0 amide bonds. The first-order valence-corrected chi connectivity index (χ1v) is 7.13. The number of pyridine rings is 1. The van der Waals surface area contributed by atoms with Gasteiger partial charge in [-0.3, -0.25) is 4.98 Å². The summed E-state index contributed by atoms with van der Waals surface area (Å²) in [6.45, 7) is 5.51. The molecule has 98 valence electrons. The van der Waals surface area contributed by atoms with Crippen molar-refractivity contribution in [2.75, 3.05) is 25.0 Å². The number of nitrogens with zero attached hydrogens (tertiary/aromatic N) is 2. The molecule has 3 heteroatoms. The van der Waals surface area contributed by atoms with Crippen LogP contribution in [-0.4, -0.2) is 25.1 Å². The fourth-order valence-electron chi connectivity index (χ4n) is 3.63. The lowest BCUT2D eigenvalue weighted by Gasteiger charge is -2.23. The second-order valence-corrected chi connectivity index (χ2v) is 5.84. The van der Waals surface area contributed by atoms with Gasteiger partial charge in [0.25, 0.3) is 0 Å². The third-order valence-electron chi connectivity index (χ3n) is 4.53. The Bertz CT molecular complexity index is 418. The highest BCUT2D eigenvalue weighted by Crippen LogP contribution is 2.40. The molecule has 2 atom stereocenters. The van der Waals surface area contributed by atoms with Crippen LogP contribution in [0.4, 0.5) is 5.69 Å². The zero-order valence-electron chi connectivity index (χ0n) is 11.4. The quantitative estimate of drug-likeness (QED) is 0.886. The van der Waals surface area contributed by atoms with Crippen molar-refractivity contribution in [3.05, 3.63) is 23.5 Å². The molecule has 2 unspecified atom stereocenters. The van der Waals surface area contributed by atoms with Crippen molar-refractivity contribution in [1.82, 2.24) is 10.3 Å². The normalized spacial score (nSPS) is 26.7. The van der Waals surface area contributed by atoms with E-state index in [1.54, 1.807) is 0 Å². The smallest absolute Gasteiger partial charge is 0.0445 e. The van der Waals surface area contributed by atoms with E-state index < -0.39 is 0 Å². The molecule has 0 spiro atoms. The second kappa shape index (κ2) is 4.88. The molecule has 1 aromatic heterocycles. The van der Waals surface area contributed by atoms with E-state index in [4.69, 9.17) is 0 Å². The van der Waals surface area contributed by atoms with E-state index in [1.807, 2.05) is 13.2 Å². The maximum absolute atomic E-state index is 4.44. The van der Waals surface area contributed by atoms with Crippen LogP contribution in [0.3, 0.4) is 0 Å². The maximum Gasteiger partial charge on any atom is 0.0445 e. The molecule has 0 radical (unpaired) electrons. The molecule has 18 heavy (non-hydrogen) atoms. The minimum Gasteiger partial charge on any atom is -0.371 e. The van der Waals surface area contributed by atoms with Gasteiger partial charge in [0.1, 0.15) is 0 Å². The van der Waals surface area contributed by atoms with Crippen molar-refractivity contribution in [2.45, 2.75) is 32.7 Å². The molecule has 3 rings (SSSR count). The van der Waals surface area contributed by atoms with Gasteiger partial charge in [-0.05, 0) is 44.7 Å². The Morgan fingerprint density at radius 1 is 1.33 bits per heavy atom. The second-order valence-electron chi connectivity index (χ2n) is 5.84. The first kappa shape index (κ1) is 12.0. The van der Waals surface area contributed by atoms with Crippen LogP contribution in [0.1, 0.15) is 30.5 Å². The largest absolute Gasteiger partial charge is 0.371 e. The highest BCUT2D eigenvalue weighted by molar-refractivity contribution is 5.54. The molecule has 1 saturated heterocycles. The Kier molecular flexibility index (Phi) is 3.25. The van der Waals surface area contributed by atoms with E-state index in [0.717, 1.165) is 24.1 Å². The van der Waals surface area contributed by atoms with E-state index in [1.165, 1.54) is 43.6 Å². The van der Waals surface area contributed by atoms with Gasteiger partial charge in [0.15, 0.2) is 0 Å². The predicted molar refractivity (Wildman–Crippen MR) is 74.8 cm³/mol. The number of hydrogen-bond acceptors (Lipinski definition) is 3. The van der Waals surface area contributed by atoms with Crippen molar-refractivity contribution in [2.24, 2.45) is 11.8 Å². The monoisotopic (exact) mass is 245 g/mol. The minimum atomic E-state index is 0.911. The van der Waals surface area contributed by atoms with Crippen LogP contribution < -0.4 is 10.2 Å². The van der Waals surface area contributed by atoms with Gasteiger partial charge in [-0.25, -0.2) is 0 Å². The molecule has 1 aliphatic carbocycles. The van der Waals surface area contributed by atoms with E-state index in [2.05, 4.69) is 28.2 Å². The molecule has 0 bridgehead atoms. The highest BCUT2D eigenvalue weighted by atomic mass is 15.2. The van der Waals surface area contributed by atoms with E-state index >= 15 is 0 Å². The summed E-state index contributed by atoms with van der Waals surface area (Å²) in [5.41, 5.74) is 3.87. The van der Waals surface area contributed by atoms with Crippen LogP contribution >= 0.6 is 0 Å². The number of rotatable bonds is 3. The Balaban J connectivity index is 1.85. The number of aryl methyl sites for hydroxylation is 1. The molecule has 1 saturated carbocycles. The number of hydrogen-bond donors (Lipinski definition) is 1. The molecule has 2 fully saturated rings. The van der Waals surface area contributed by atoms with Crippen LogP contribution in [0.5, 0.6) is 0 Å². The average Bonchev–Trinajstić information content (AvgIpc) is 2.92. The lowest BCUT2D eigenvalue weighted by molar-refractivity contribution is 0.494. The van der Waals surface area contributed by atoms with Crippen LogP contribution in [-0.2, 0) is 6.54 Å². The molecule has 2 heterocycles. The van der Waals surface area contributed by atoms with Gasteiger partial charge < -0.3 is 10.2 Å². The maximum atomic E-state index is 4.44.